The standard InChI is InChI=1S/C14H19N5/c1-11-3-5-12(6-4-11)18-14-17-10-7-13(19-14)16-9-2-8-15/h3-7,10H,2,8-9,15H2,1H3,(H2,16,17,18,19). The fraction of sp³-hybridized carbons (Fsp3) is 0.286. The molecule has 100 valence electrons. The second-order valence-corrected chi connectivity index (χ2v) is 4.33. The molecule has 0 fully saturated rings. The van der Waals surface area contributed by atoms with Crippen LogP contribution in [-0.2, 0) is 0 Å². The molecule has 0 unspecified atom stereocenters. The van der Waals surface area contributed by atoms with E-state index in [9.17, 15) is 0 Å². The Kier molecular flexibility index (Phi) is 4.69. The Hall–Kier alpha value is -2.14. The molecule has 5 nitrogen and oxygen atoms in total. The molecule has 0 spiro atoms. The Morgan fingerprint density at radius 1 is 1.16 bits per heavy atom. The number of aryl methyl sites for hydroxylation is 1. The highest BCUT2D eigenvalue weighted by Gasteiger charge is 1.99. The first kappa shape index (κ1) is 13.3. The fourth-order valence-electron chi connectivity index (χ4n) is 1.60. The van der Waals surface area contributed by atoms with Crippen molar-refractivity contribution in [3.05, 3.63) is 42.1 Å². The molecule has 5 heteroatoms. The topological polar surface area (TPSA) is 75.9 Å². The van der Waals surface area contributed by atoms with Crippen LogP contribution in [0.4, 0.5) is 17.5 Å². The van der Waals surface area contributed by atoms with Gasteiger partial charge in [-0.3, -0.25) is 0 Å². The van der Waals surface area contributed by atoms with E-state index in [1.165, 1.54) is 5.56 Å². The summed E-state index contributed by atoms with van der Waals surface area (Å²) in [4.78, 5) is 8.59. The maximum Gasteiger partial charge on any atom is 0.229 e. The molecule has 0 aliphatic heterocycles. The third-order valence-electron chi connectivity index (χ3n) is 2.65. The minimum atomic E-state index is 0.585. The summed E-state index contributed by atoms with van der Waals surface area (Å²) in [5, 5.41) is 6.38. The molecule has 0 aliphatic rings. The molecule has 0 amide bonds. The van der Waals surface area contributed by atoms with Gasteiger partial charge in [0, 0.05) is 18.4 Å². The van der Waals surface area contributed by atoms with Gasteiger partial charge in [-0.25, -0.2) is 4.98 Å². The monoisotopic (exact) mass is 257 g/mol. The van der Waals surface area contributed by atoms with Gasteiger partial charge in [0.2, 0.25) is 5.95 Å². The number of nitrogens with zero attached hydrogens (tertiary/aromatic N) is 2. The molecular weight excluding hydrogens is 238 g/mol. The first-order chi connectivity index (χ1) is 9.28. The van der Waals surface area contributed by atoms with Crippen LogP contribution in [0.25, 0.3) is 0 Å². The predicted octanol–water partition coefficient (Wildman–Crippen LogP) is 2.29. The van der Waals surface area contributed by atoms with E-state index in [2.05, 4.69) is 27.5 Å². The van der Waals surface area contributed by atoms with Gasteiger partial charge in [-0.15, -0.1) is 0 Å². The maximum absolute atomic E-state index is 5.45. The number of anilines is 3. The molecule has 0 bridgehead atoms. The van der Waals surface area contributed by atoms with Gasteiger partial charge in [0.1, 0.15) is 5.82 Å². The van der Waals surface area contributed by atoms with Crippen LogP contribution in [0.5, 0.6) is 0 Å². The largest absolute Gasteiger partial charge is 0.370 e. The van der Waals surface area contributed by atoms with Crippen LogP contribution in [0.1, 0.15) is 12.0 Å². The zero-order chi connectivity index (χ0) is 13.5. The van der Waals surface area contributed by atoms with Gasteiger partial charge >= 0.3 is 0 Å². The summed E-state index contributed by atoms with van der Waals surface area (Å²) >= 11 is 0. The summed E-state index contributed by atoms with van der Waals surface area (Å²) in [5.41, 5.74) is 7.65. The van der Waals surface area contributed by atoms with Crippen molar-refractivity contribution in [2.24, 2.45) is 5.73 Å². The molecule has 0 atom stereocenters. The molecule has 1 aromatic heterocycles. The number of benzene rings is 1. The number of aromatic nitrogens is 2. The summed E-state index contributed by atoms with van der Waals surface area (Å²) < 4.78 is 0. The SMILES string of the molecule is Cc1ccc(Nc2nccc(NCCCN)n2)cc1. The Bertz CT molecular complexity index is 509. The second-order valence-electron chi connectivity index (χ2n) is 4.33. The van der Waals surface area contributed by atoms with Crippen LogP contribution in [-0.4, -0.2) is 23.1 Å². The highest BCUT2D eigenvalue weighted by atomic mass is 15.1. The lowest BCUT2D eigenvalue weighted by Gasteiger charge is -2.08. The lowest BCUT2D eigenvalue weighted by atomic mass is 10.2. The molecule has 1 heterocycles. The molecule has 19 heavy (non-hydrogen) atoms. The summed E-state index contributed by atoms with van der Waals surface area (Å²) in [6, 6.07) is 9.95. The van der Waals surface area contributed by atoms with Crippen molar-refractivity contribution in [3.63, 3.8) is 0 Å². The zero-order valence-electron chi connectivity index (χ0n) is 11.1. The smallest absolute Gasteiger partial charge is 0.229 e. The van der Waals surface area contributed by atoms with Crippen molar-refractivity contribution in [3.8, 4) is 0 Å². The maximum atomic E-state index is 5.45. The Morgan fingerprint density at radius 3 is 2.68 bits per heavy atom. The van der Waals surface area contributed by atoms with Crippen LogP contribution in [0.3, 0.4) is 0 Å². The van der Waals surface area contributed by atoms with Gasteiger partial charge in [-0.2, -0.15) is 4.98 Å². The molecule has 2 rings (SSSR count). The number of nitrogens with one attached hydrogen (secondary N) is 2. The lowest BCUT2D eigenvalue weighted by Crippen LogP contribution is -2.10. The van der Waals surface area contributed by atoms with Crippen molar-refractivity contribution >= 4 is 17.5 Å². The summed E-state index contributed by atoms with van der Waals surface area (Å²) in [6.45, 7) is 3.55. The average Bonchev–Trinajstić information content (AvgIpc) is 2.42. The molecule has 0 radical (unpaired) electrons. The zero-order valence-corrected chi connectivity index (χ0v) is 11.1. The molecule has 0 saturated heterocycles. The predicted molar refractivity (Wildman–Crippen MR) is 78.7 cm³/mol. The molecule has 0 saturated carbocycles. The van der Waals surface area contributed by atoms with E-state index in [1.54, 1.807) is 6.20 Å². The summed E-state index contributed by atoms with van der Waals surface area (Å²) in [6.07, 6.45) is 2.65. The van der Waals surface area contributed by atoms with Crippen molar-refractivity contribution < 1.29 is 0 Å². The van der Waals surface area contributed by atoms with Gasteiger partial charge in [-0.1, -0.05) is 17.7 Å². The number of hydrogen-bond donors (Lipinski definition) is 3. The van der Waals surface area contributed by atoms with Crippen LogP contribution in [0, 0.1) is 6.92 Å². The van der Waals surface area contributed by atoms with E-state index >= 15 is 0 Å². The second kappa shape index (κ2) is 6.70. The molecule has 1 aromatic carbocycles. The van der Waals surface area contributed by atoms with Crippen LogP contribution in [0.2, 0.25) is 0 Å². The van der Waals surface area contributed by atoms with Crippen molar-refractivity contribution in [2.45, 2.75) is 13.3 Å². The number of hydrogen-bond acceptors (Lipinski definition) is 5. The molecule has 2 aromatic rings. The van der Waals surface area contributed by atoms with Gasteiger partial charge in [0.15, 0.2) is 0 Å². The van der Waals surface area contributed by atoms with Crippen molar-refractivity contribution in [1.82, 2.24) is 9.97 Å². The van der Waals surface area contributed by atoms with E-state index in [-0.39, 0.29) is 0 Å². The Morgan fingerprint density at radius 2 is 1.95 bits per heavy atom. The van der Waals surface area contributed by atoms with Crippen LogP contribution < -0.4 is 16.4 Å². The van der Waals surface area contributed by atoms with E-state index in [0.29, 0.717) is 12.5 Å². The highest BCUT2D eigenvalue weighted by Crippen LogP contribution is 2.14. The van der Waals surface area contributed by atoms with Crippen molar-refractivity contribution in [2.75, 3.05) is 23.7 Å². The summed E-state index contributed by atoms with van der Waals surface area (Å²) in [5.74, 6) is 1.39. The van der Waals surface area contributed by atoms with Crippen LogP contribution in [0.15, 0.2) is 36.5 Å². The quantitative estimate of drug-likeness (QED) is 0.692. The van der Waals surface area contributed by atoms with E-state index < -0.39 is 0 Å². The average molecular weight is 257 g/mol. The van der Waals surface area contributed by atoms with E-state index in [4.69, 9.17) is 5.73 Å². The van der Waals surface area contributed by atoms with Crippen LogP contribution >= 0.6 is 0 Å². The lowest BCUT2D eigenvalue weighted by molar-refractivity contribution is 0.869. The molecular formula is C14H19N5. The first-order valence-electron chi connectivity index (χ1n) is 6.38. The minimum Gasteiger partial charge on any atom is -0.370 e. The molecule has 4 N–H and O–H groups in total. The van der Waals surface area contributed by atoms with E-state index in [1.807, 2.05) is 30.3 Å². The van der Waals surface area contributed by atoms with E-state index in [0.717, 1.165) is 24.5 Å². The third kappa shape index (κ3) is 4.22. The number of rotatable bonds is 6. The molecule has 0 aliphatic carbocycles. The normalized spacial score (nSPS) is 10.2. The fourth-order valence-corrected chi connectivity index (χ4v) is 1.60. The Labute approximate surface area is 113 Å². The minimum absolute atomic E-state index is 0.585. The summed E-state index contributed by atoms with van der Waals surface area (Å²) in [7, 11) is 0. The highest BCUT2D eigenvalue weighted by molar-refractivity contribution is 5.54. The Balaban J connectivity index is 2.00. The van der Waals surface area contributed by atoms with Crippen molar-refractivity contribution in [1.29, 1.82) is 0 Å². The van der Waals surface area contributed by atoms with Gasteiger partial charge < -0.3 is 16.4 Å². The first-order valence-corrected chi connectivity index (χ1v) is 6.38. The number of nitrogens with two attached hydrogens (primary N) is 1. The van der Waals surface area contributed by atoms with Gasteiger partial charge in [0.05, 0.1) is 0 Å². The van der Waals surface area contributed by atoms with Gasteiger partial charge in [0.25, 0.3) is 0 Å². The van der Waals surface area contributed by atoms with Gasteiger partial charge in [-0.05, 0) is 38.1 Å². The third-order valence-corrected chi connectivity index (χ3v) is 2.65.